The van der Waals surface area contributed by atoms with Crippen molar-refractivity contribution in [2.75, 3.05) is 13.6 Å². The van der Waals surface area contributed by atoms with E-state index in [4.69, 9.17) is 11.6 Å². The Labute approximate surface area is 106 Å². The van der Waals surface area contributed by atoms with E-state index in [1.54, 1.807) is 31.3 Å². The zero-order chi connectivity index (χ0) is 13.0. The molecule has 0 saturated carbocycles. The summed E-state index contributed by atoms with van der Waals surface area (Å²) in [7, 11) is 3.36. The van der Waals surface area contributed by atoms with Gasteiger partial charge in [-0.1, -0.05) is 0 Å². The van der Waals surface area contributed by atoms with Crippen LogP contribution in [-0.4, -0.2) is 34.3 Å². The van der Waals surface area contributed by atoms with Gasteiger partial charge in [-0.25, -0.2) is 0 Å². The zero-order valence-corrected chi connectivity index (χ0v) is 11.1. The molecule has 0 spiro atoms. The molecule has 1 amide bonds. The van der Waals surface area contributed by atoms with Crippen LogP contribution in [0.3, 0.4) is 0 Å². The number of amides is 1. The molecule has 0 fully saturated rings. The van der Waals surface area contributed by atoms with Gasteiger partial charge >= 0.3 is 0 Å². The smallest absolute Gasteiger partial charge is 0.253 e. The summed E-state index contributed by atoms with van der Waals surface area (Å²) < 4.78 is 1.43. The average molecular weight is 257 g/mol. The summed E-state index contributed by atoms with van der Waals surface area (Å²) in [5.41, 5.74) is 0.229. The van der Waals surface area contributed by atoms with Crippen molar-refractivity contribution in [3.8, 4) is 0 Å². The maximum Gasteiger partial charge on any atom is 0.253 e. The van der Waals surface area contributed by atoms with Crippen LogP contribution in [0.4, 0.5) is 0 Å². The largest absolute Gasteiger partial charge is 0.342 e. The van der Waals surface area contributed by atoms with Crippen molar-refractivity contribution in [2.45, 2.75) is 18.7 Å². The van der Waals surface area contributed by atoms with E-state index in [1.807, 2.05) is 6.92 Å². The highest BCUT2D eigenvalue weighted by Crippen LogP contribution is 2.05. The van der Waals surface area contributed by atoms with Crippen LogP contribution in [0.5, 0.6) is 0 Å². The molecule has 1 aromatic rings. The van der Waals surface area contributed by atoms with Crippen molar-refractivity contribution in [3.05, 3.63) is 34.2 Å². The highest BCUT2D eigenvalue weighted by molar-refractivity contribution is 6.20. The lowest BCUT2D eigenvalue weighted by Gasteiger charge is -2.17. The number of rotatable bonds is 4. The van der Waals surface area contributed by atoms with Gasteiger partial charge in [-0.05, 0) is 19.4 Å². The van der Waals surface area contributed by atoms with Gasteiger partial charge in [0.25, 0.3) is 11.5 Å². The Kier molecular flexibility index (Phi) is 4.75. The van der Waals surface area contributed by atoms with E-state index in [2.05, 4.69) is 0 Å². The van der Waals surface area contributed by atoms with E-state index < -0.39 is 0 Å². The molecule has 0 aromatic carbocycles. The first-order valence-corrected chi connectivity index (χ1v) is 5.91. The molecule has 17 heavy (non-hydrogen) atoms. The van der Waals surface area contributed by atoms with Gasteiger partial charge in [-0.15, -0.1) is 11.6 Å². The molecular weight excluding hydrogens is 240 g/mol. The molecule has 0 N–H and O–H groups in total. The molecule has 0 bridgehead atoms. The second kappa shape index (κ2) is 5.87. The van der Waals surface area contributed by atoms with Gasteiger partial charge in [0, 0.05) is 43.8 Å². The number of alkyl halides is 1. The van der Waals surface area contributed by atoms with E-state index in [-0.39, 0.29) is 16.8 Å². The molecule has 0 saturated heterocycles. The lowest BCUT2D eigenvalue weighted by atomic mass is 10.2. The first kappa shape index (κ1) is 13.8. The van der Waals surface area contributed by atoms with Gasteiger partial charge in [0.1, 0.15) is 0 Å². The van der Waals surface area contributed by atoms with E-state index in [0.29, 0.717) is 12.1 Å². The summed E-state index contributed by atoms with van der Waals surface area (Å²) in [6, 6.07) is 2.99. The van der Waals surface area contributed by atoms with E-state index in [0.717, 1.165) is 6.42 Å². The molecule has 0 radical (unpaired) electrons. The van der Waals surface area contributed by atoms with Gasteiger partial charge in [-0.2, -0.15) is 0 Å². The number of aromatic nitrogens is 1. The SMILES string of the molecule is CC(Cl)CCN(C)C(=O)c1ccn(C)c(=O)c1. The van der Waals surface area contributed by atoms with Crippen molar-refractivity contribution < 1.29 is 4.79 Å². The second-order valence-corrected chi connectivity index (χ2v) is 4.91. The van der Waals surface area contributed by atoms with E-state index in [9.17, 15) is 9.59 Å². The lowest BCUT2D eigenvalue weighted by molar-refractivity contribution is 0.0793. The monoisotopic (exact) mass is 256 g/mol. The third-order valence-electron chi connectivity index (χ3n) is 2.56. The second-order valence-electron chi connectivity index (χ2n) is 4.16. The van der Waals surface area contributed by atoms with Crippen LogP contribution in [0.1, 0.15) is 23.7 Å². The number of carbonyl (C=O) groups excluding carboxylic acids is 1. The molecule has 1 rings (SSSR count). The fourth-order valence-corrected chi connectivity index (χ4v) is 1.47. The first-order chi connectivity index (χ1) is 7.91. The summed E-state index contributed by atoms with van der Waals surface area (Å²) >= 11 is 5.83. The van der Waals surface area contributed by atoms with Gasteiger partial charge in [0.15, 0.2) is 0 Å². The molecule has 0 aliphatic rings. The van der Waals surface area contributed by atoms with Gasteiger partial charge in [-0.3, -0.25) is 9.59 Å². The Hall–Kier alpha value is -1.29. The summed E-state index contributed by atoms with van der Waals surface area (Å²) in [5, 5.41) is 0.0360. The normalized spacial score (nSPS) is 12.2. The number of nitrogens with zero attached hydrogens (tertiary/aromatic N) is 2. The van der Waals surface area contributed by atoms with Crippen LogP contribution >= 0.6 is 11.6 Å². The number of aryl methyl sites for hydroxylation is 1. The molecule has 5 heteroatoms. The van der Waals surface area contributed by atoms with Crippen molar-refractivity contribution in [3.63, 3.8) is 0 Å². The number of hydrogen-bond acceptors (Lipinski definition) is 2. The standard InChI is InChI=1S/C12H17ClN2O2/c1-9(13)4-6-15(3)12(17)10-5-7-14(2)11(16)8-10/h5,7-9H,4,6H2,1-3H3. The topological polar surface area (TPSA) is 42.3 Å². The van der Waals surface area contributed by atoms with Crippen molar-refractivity contribution in [2.24, 2.45) is 7.05 Å². The first-order valence-electron chi connectivity index (χ1n) is 5.48. The minimum Gasteiger partial charge on any atom is -0.342 e. The third-order valence-corrected chi connectivity index (χ3v) is 2.78. The number of pyridine rings is 1. The van der Waals surface area contributed by atoms with Gasteiger partial charge < -0.3 is 9.47 Å². The zero-order valence-electron chi connectivity index (χ0n) is 10.3. The van der Waals surface area contributed by atoms with E-state index >= 15 is 0 Å². The third kappa shape index (κ3) is 3.89. The lowest BCUT2D eigenvalue weighted by Crippen LogP contribution is -2.30. The Balaban J connectivity index is 2.75. The number of carbonyl (C=O) groups is 1. The molecule has 1 unspecified atom stereocenters. The Bertz CT molecular complexity index is 454. The molecule has 0 aliphatic carbocycles. The highest BCUT2D eigenvalue weighted by Gasteiger charge is 2.12. The highest BCUT2D eigenvalue weighted by atomic mass is 35.5. The maximum absolute atomic E-state index is 12.0. The predicted molar refractivity (Wildman–Crippen MR) is 68.6 cm³/mol. The van der Waals surface area contributed by atoms with Crippen LogP contribution in [0.2, 0.25) is 0 Å². The fraction of sp³-hybridized carbons (Fsp3) is 0.500. The summed E-state index contributed by atoms with van der Waals surface area (Å²) in [4.78, 5) is 24.9. The van der Waals surface area contributed by atoms with Crippen molar-refractivity contribution >= 4 is 17.5 Å². The summed E-state index contributed by atoms with van der Waals surface area (Å²) in [6.45, 7) is 2.47. The minimum absolute atomic E-state index is 0.0360. The Morgan fingerprint density at radius 3 is 2.76 bits per heavy atom. The Morgan fingerprint density at radius 1 is 1.59 bits per heavy atom. The minimum atomic E-state index is -0.185. The van der Waals surface area contributed by atoms with Crippen molar-refractivity contribution in [1.82, 2.24) is 9.47 Å². The molecule has 1 aromatic heterocycles. The van der Waals surface area contributed by atoms with Crippen LogP contribution in [0, 0.1) is 0 Å². The molecule has 1 heterocycles. The van der Waals surface area contributed by atoms with Gasteiger partial charge in [0.2, 0.25) is 0 Å². The molecule has 94 valence electrons. The predicted octanol–water partition coefficient (Wildman–Crippen LogP) is 1.47. The number of hydrogen-bond donors (Lipinski definition) is 0. The van der Waals surface area contributed by atoms with E-state index in [1.165, 1.54) is 10.6 Å². The van der Waals surface area contributed by atoms with Crippen LogP contribution < -0.4 is 5.56 Å². The van der Waals surface area contributed by atoms with Crippen molar-refractivity contribution in [1.29, 1.82) is 0 Å². The summed E-state index contributed by atoms with van der Waals surface area (Å²) in [5.74, 6) is -0.153. The average Bonchev–Trinajstić information content (AvgIpc) is 2.28. The Morgan fingerprint density at radius 2 is 2.24 bits per heavy atom. The van der Waals surface area contributed by atoms with Crippen LogP contribution in [0.25, 0.3) is 0 Å². The van der Waals surface area contributed by atoms with Gasteiger partial charge in [0.05, 0.1) is 0 Å². The quantitative estimate of drug-likeness (QED) is 0.766. The molecule has 0 aliphatic heterocycles. The molecule has 1 atom stereocenters. The van der Waals surface area contributed by atoms with Crippen LogP contribution in [-0.2, 0) is 7.05 Å². The molecular formula is C12H17ClN2O2. The van der Waals surface area contributed by atoms with Crippen LogP contribution in [0.15, 0.2) is 23.1 Å². The number of halogens is 1. The molecule has 4 nitrogen and oxygen atoms in total. The fourth-order valence-electron chi connectivity index (χ4n) is 1.38. The maximum atomic E-state index is 12.0. The summed E-state index contributed by atoms with van der Waals surface area (Å²) in [6.07, 6.45) is 2.32.